The normalized spacial score (nSPS) is 12.0. The van der Waals surface area contributed by atoms with E-state index in [0.717, 1.165) is 11.6 Å². The second-order valence-electron chi connectivity index (χ2n) is 5.30. The molecule has 0 bridgehead atoms. The molecule has 0 aromatic heterocycles. The number of hydrogen-bond acceptors (Lipinski definition) is 1. The van der Waals surface area contributed by atoms with Crippen molar-refractivity contribution in [2.45, 2.75) is 19.5 Å². The molecular formula is C17H18ClF2N2O+. The van der Waals surface area contributed by atoms with E-state index >= 15 is 0 Å². The van der Waals surface area contributed by atoms with Crippen LogP contribution in [0, 0.1) is 11.6 Å². The molecule has 2 rings (SSSR count). The van der Waals surface area contributed by atoms with Crippen LogP contribution in [0.3, 0.4) is 0 Å². The van der Waals surface area contributed by atoms with E-state index in [2.05, 4.69) is 5.32 Å². The van der Waals surface area contributed by atoms with E-state index in [-0.39, 0.29) is 18.5 Å². The molecule has 0 unspecified atom stereocenters. The fourth-order valence-electron chi connectivity index (χ4n) is 2.20. The summed E-state index contributed by atoms with van der Waals surface area (Å²) in [6.45, 7) is 2.30. The van der Waals surface area contributed by atoms with Crippen LogP contribution in [0.5, 0.6) is 0 Å². The second-order valence-corrected chi connectivity index (χ2v) is 5.74. The molecule has 6 heteroatoms. The maximum atomic E-state index is 13.7. The molecular weight excluding hydrogens is 322 g/mol. The summed E-state index contributed by atoms with van der Waals surface area (Å²) in [5, 5.41) is 5.09. The van der Waals surface area contributed by atoms with Crippen molar-refractivity contribution in [3.63, 3.8) is 0 Å². The molecule has 2 aromatic rings. The zero-order valence-electron chi connectivity index (χ0n) is 12.7. The summed E-state index contributed by atoms with van der Waals surface area (Å²) in [7, 11) is 0. The van der Waals surface area contributed by atoms with Crippen LogP contribution in [0.2, 0.25) is 5.02 Å². The van der Waals surface area contributed by atoms with Crippen LogP contribution < -0.4 is 10.6 Å². The zero-order valence-corrected chi connectivity index (χ0v) is 13.4. The molecule has 1 atom stereocenters. The molecule has 0 radical (unpaired) electrons. The average Bonchev–Trinajstić information content (AvgIpc) is 2.50. The summed E-state index contributed by atoms with van der Waals surface area (Å²) in [6, 6.07) is 10.4. The van der Waals surface area contributed by atoms with Crippen LogP contribution in [-0.4, -0.2) is 12.5 Å². The molecule has 23 heavy (non-hydrogen) atoms. The Balaban J connectivity index is 1.81. The van der Waals surface area contributed by atoms with E-state index in [9.17, 15) is 13.6 Å². The quantitative estimate of drug-likeness (QED) is 0.834. The van der Waals surface area contributed by atoms with Crippen molar-refractivity contribution in [1.82, 2.24) is 5.32 Å². The van der Waals surface area contributed by atoms with E-state index in [1.54, 1.807) is 24.4 Å². The van der Waals surface area contributed by atoms with Crippen molar-refractivity contribution in [2.75, 3.05) is 6.54 Å². The van der Waals surface area contributed by atoms with Crippen LogP contribution in [0.25, 0.3) is 0 Å². The molecule has 2 aromatic carbocycles. The summed E-state index contributed by atoms with van der Waals surface area (Å²) < 4.78 is 26.6. The number of benzene rings is 2. The first-order valence-corrected chi connectivity index (χ1v) is 7.63. The third-order valence-electron chi connectivity index (χ3n) is 3.49. The topological polar surface area (TPSA) is 45.7 Å². The number of amides is 1. The maximum Gasteiger partial charge on any atom is 0.275 e. The van der Waals surface area contributed by atoms with Gasteiger partial charge in [0.1, 0.15) is 17.7 Å². The fourth-order valence-corrected chi connectivity index (χ4v) is 2.41. The van der Waals surface area contributed by atoms with Crippen molar-refractivity contribution in [1.29, 1.82) is 0 Å². The highest BCUT2D eigenvalue weighted by Gasteiger charge is 2.15. The van der Waals surface area contributed by atoms with Gasteiger partial charge in [-0.2, -0.15) is 0 Å². The number of carbonyl (C=O) groups is 1. The van der Waals surface area contributed by atoms with Gasteiger partial charge in [0.2, 0.25) is 0 Å². The molecule has 0 aliphatic carbocycles. The summed E-state index contributed by atoms with van der Waals surface area (Å²) >= 11 is 5.88. The summed E-state index contributed by atoms with van der Waals surface area (Å²) in [5.74, 6) is -1.38. The Morgan fingerprint density at radius 3 is 2.74 bits per heavy atom. The molecule has 122 valence electrons. The van der Waals surface area contributed by atoms with Gasteiger partial charge in [-0.15, -0.1) is 0 Å². The minimum Gasteiger partial charge on any atom is -0.347 e. The van der Waals surface area contributed by atoms with Gasteiger partial charge in [-0.1, -0.05) is 23.7 Å². The van der Waals surface area contributed by atoms with E-state index in [0.29, 0.717) is 17.1 Å². The fraction of sp³-hybridized carbons (Fsp3) is 0.235. The summed E-state index contributed by atoms with van der Waals surface area (Å²) in [5.41, 5.74) is 1.28. The van der Waals surface area contributed by atoms with Crippen molar-refractivity contribution in [3.8, 4) is 0 Å². The Kier molecular flexibility index (Phi) is 6.07. The van der Waals surface area contributed by atoms with Crippen molar-refractivity contribution >= 4 is 17.5 Å². The Morgan fingerprint density at radius 2 is 2.04 bits per heavy atom. The van der Waals surface area contributed by atoms with Gasteiger partial charge in [0.15, 0.2) is 6.54 Å². The van der Waals surface area contributed by atoms with Gasteiger partial charge in [-0.25, -0.2) is 8.78 Å². The number of halogens is 3. The van der Waals surface area contributed by atoms with Crippen molar-refractivity contribution < 1.29 is 18.9 Å². The average molecular weight is 340 g/mol. The molecule has 0 spiro atoms. The minimum atomic E-state index is -0.613. The molecule has 0 fully saturated rings. The van der Waals surface area contributed by atoms with Gasteiger partial charge in [0.05, 0.1) is 0 Å². The molecule has 0 heterocycles. The monoisotopic (exact) mass is 339 g/mol. The first-order valence-electron chi connectivity index (χ1n) is 7.25. The molecule has 0 aliphatic heterocycles. The molecule has 0 saturated heterocycles. The third kappa shape index (κ3) is 5.30. The van der Waals surface area contributed by atoms with E-state index in [1.165, 1.54) is 12.1 Å². The van der Waals surface area contributed by atoms with E-state index in [4.69, 9.17) is 11.6 Å². The smallest absolute Gasteiger partial charge is 0.275 e. The Bertz CT molecular complexity index is 694. The lowest BCUT2D eigenvalue weighted by Gasteiger charge is -2.12. The van der Waals surface area contributed by atoms with Crippen molar-refractivity contribution in [2.24, 2.45) is 0 Å². The molecule has 1 amide bonds. The first kappa shape index (κ1) is 17.4. The lowest BCUT2D eigenvalue weighted by atomic mass is 10.1. The van der Waals surface area contributed by atoms with E-state index in [1.807, 2.05) is 12.1 Å². The molecule has 0 saturated carbocycles. The third-order valence-corrected chi connectivity index (χ3v) is 3.72. The van der Waals surface area contributed by atoms with Gasteiger partial charge in [0, 0.05) is 23.2 Å². The lowest BCUT2D eigenvalue weighted by molar-refractivity contribution is -0.682. The highest BCUT2D eigenvalue weighted by molar-refractivity contribution is 6.30. The number of quaternary nitrogens is 1. The van der Waals surface area contributed by atoms with Crippen LogP contribution in [0.4, 0.5) is 8.78 Å². The standard InChI is InChI=1S/C17H17ClF2N2O/c1-11(15-6-5-14(19)8-16(15)20)21-10-17(23)22-9-12-3-2-4-13(18)7-12/h2-8,11,21H,9-10H2,1H3,(H,22,23)/p+1/t11-/m1/s1. The SMILES string of the molecule is C[C@@H]([NH2+]CC(=O)NCc1cccc(Cl)c1)c1ccc(F)cc1F. The highest BCUT2D eigenvalue weighted by Crippen LogP contribution is 2.14. The van der Waals surface area contributed by atoms with Gasteiger partial charge in [-0.05, 0) is 36.8 Å². The minimum absolute atomic E-state index is 0.151. The summed E-state index contributed by atoms with van der Waals surface area (Å²) in [4.78, 5) is 11.8. The number of carbonyl (C=O) groups excluding carboxylic acids is 1. The Morgan fingerprint density at radius 1 is 1.26 bits per heavy atom. The van der Waals surface area contributed by atoms with Crippen molar-refractivity contribution in [3.05, 3.63) is 70.2 Å². The Labute approximate surface area is 138 Å². The first-order chi connectivity index (χ1) is 11.0. The molecule has 0 aliphatic rings. The predicted octanol–water partition coefficient (Wildman–Crippen LogP) is 2.56. The van der Waals surface area contributed by atoms with Crippen LogP contribution in [0.15, 0.2) is 42.5 Å². The number of nitrogens with two attached hydrogens (primary N) is 1. The largest absolute Gasteiger partial charge is 0.347 e. The number of rotatable bonds is 6. The van der Waals surface area contributed by atoms with Gasteiger partial charge in [0.25, 0.3) is 5.91 Å². The van der Waals surface area contributed by atoms with Crippen LogP contribution >= 0.6 is 11.6 Å². The van der Waals surface area contributed by atoms with Gasteiger partial charge >= 0.3 is 0 Å². The lowest BCUT2D eigenvalue weighted by Crippen LogP contribution is -2.87. The van der Waals surface area contributed by atoms with Gasteiger partial charge in [-0.3, -0.25) is 4.79 Å². The maximum absolute atomic E-state index is 13.7. The van der Waals surface area contributed by atoms with Gasteiger partial charge < -0.3 is 10.6 Å². The zero-order chi connectivity index (χ0) is 16.8. The summed E-state index contributed by atoms with van der Waals surface area (Å²) in [6.07, 6.45) is 0. The number of hydrogen-bond donors (Lipinski definition) is 2. The van der Waals surface area contributed by atoms with E-state index < -0.39 is 11.6 Å². The number of nitrogens with one attached hydrogen (secondary N) is 1. The van der Waals surface area contributed by atoms with Crippen LogP contribution in [0.1, 0.15) is 24.1 Å². The molecule has 3 N–H and O–H groups in total. The molecule has 3 nitrogen and oxygen atoms in total. The predicted molar refractivity (Wildman–Crippen MR) is 84.9 cm³/mol. The second kappa shape index (κ2) is 8.04. The highest BCUT2D eigenvalue weighted by atomic mass is 35.5. The van der Waals surface area contributed by atoms with Crippen LogP contribution in [-0.2, 0) is 11.3 Å². The Hall–Kier alpha value is -1.98.